The average molecular weight is 180 g/mol. The fourth-order valence-electron chi connectivity index (χ4n) is 0.567. The van der Waals surface area contributed by atoms with Crippen molar-refractivity contribution >= 4 is 21.7 Å². The van der Waals surface area contributed by atoms with Crippen molar-refractivity contribution < 1.29 is 17.3 Å². The normalized spacial score (nSPS) is 11.8. The standard InChI is InChI=1S/C4H5NO3S2/c1-3-2-5-9-4(3)10(6,7)8/h2H,1H3,(H,6,7,8)/p+1. The lowest BCUT2D eigenvalue weighted by Gasteiger charge is -1.85. The SMILES string of the molecule is Cc1c[nH+]sc1S(=O)(=O)O. The van der Waals surface area contributed by atoms with E-state index in [9.17, 15) is 8.42 Å². The molecule has 0 atom stereocenters. The summed E-state index contributed by atoms with van der Waals surface area (Å²) in [5.74, 6) is 0. The summed E-state index contributed by atoms with van der Waals surface area (Å²) in [4.78, 5) is 0. The second kappa shape index (κ2) is 2.30. The Morgan fingerprint density at radius 3 is 2.50 bits per heavy atom. The molecule has 56 valence electrons. The van der Waals surface area contributed by atoms with Crippen molar-refractivity contribution in [2.75, 3.05) is 0 Å². The van der Waals surface area contributed by atoms with Crippen LogP contribution in [0.1, 0.15) is 5.56 Å². The zero-order chi connectivity index (χ0) is 7.78. The molecule has 0 saturated heterocycles. The van der Waals surface area contributed by atoms with Crippen LogP contribution in [0.25, 0.3) is 0 Å². The highest BCUT2D eigenvalue weighted by molar-refractivity contribution is 7.87. The molecule has 0 bridgehead atoms. The van der Waals surface area contributed by atoms with Crippen LogP contribution in [-0.4, -0.2) is 13.0 Å². The molecule has 1 heterocycles. The molecule has 1 rings (SSSR count). The van der Waals surface area contributed by atoms with E-state index in [1.807, 2.05) is 0 Å². The lowest BCUT2D eigenvalue weighted by atomic mass is 10.4. The number of nitrogens with one attached hydrogen (secondary N) is 1. The van der Waals surface area contributed by atoms with E-state index >= 15 is 0 Å². The maximum absolute atomic E-state index is 10.5. The smallest absolute Gasteiger partial charge is 0.281 e. The lowest BCUT2D eigenvalue weighted by molar-refractivity contribution is -0.290. The molecule has 0 fully saturated rings. The van der Waals surface area contributed by atoms with Gasteiger partial charge in [-0.15, -0.1) is 0 Å². The van der Waals surface area contributed by atoms with Crippen LogP contribution in [0.5, 0.6) is 0 Å². The molecule has 0 unspecified atom stereocenters. The van der Waals surface area contributed by atoms with E-state index in [-0.39, 0.29) is 4.21 Å². The third kappa shape index (κ3) is 1.34. The third-order valence-electron chi connectivity index (χ3n) is 0.983. The zero-order valence-corrected chi connectivity index (χ0v) is 6.79. The van der Waals surface area contributed by atoms with Crippen LogP contribution in [0, 0.1) is 6.92 Å². The van der Waals surface area contributed by atoms with Crippen LogP contribution < -0.4 is 4.37 Å². The van der Waals surface area contributed by atoms with Crippen molar-refractivity contribution in [3.63, 3.8) is 0 Å². The van der Waals surface area contributed by atoms with E-state index in [1.165, 1.54) is 6.20 Å². The summed E-state index contributed by atoms with van der Waals surface area (Å²) in [5, 5.41) is 0. The first-order chi connectivity index (χ1) is 4.52. The van der Waals surface area contributed by atoms with Gasteiger partial charge in [-0.3, -0.25) is 4.55 Å². The Bertz CT molecular complexity index is 326. The van der Waals surface area contributed by atoms with Crippen LogP contribution >= 0.6 is 11.5 Å². The van der Waals surface area contributed by atoms with Crippen molar-refractivity contribution in [2.45, 2.75) is 11.1 Å². The van der Waals surface area contributed by atoms with Gasteiger partial charge in [-0.25, -0.2) is 0 Å². The maximum Gasteiger partial charge on any atom is 0.310 e. The first-order valence-electron chi connectivity index (χ1n) is 2.46. The van der Waals surface area contributed by atoms with Gasteiger partial charge in [0.2, 0.25) is 4.21 Å². The summed E-state index contributed by atoms with van der Waals surface area (Å²) in [7, 11) is -4.00. The first-order valence-corrected chi connectivity index (χ1v) is 4.71. The van der Waals surface area contributed by atoms with Crippen LogP contribution in [0.3, 0.4) is 0 Å². The van der Waals surface area contributed by atoms with Crippen LogP contribution in [-0.2, 0) is 10.1 Å². The largest absolute Gasteiger partial charge is 0.310 e. The van der Waals surface area contributed by atoms with Gasteiger partial charge >= 0.3 is 10.1 Å². The van der Waals surface area contributed by atoms with Gasteiger partial charge in [-0.05, 0) is 6.92 Å². The van der Waals surface area contributed by atoms with Crippen molar-refractivity contribution in [1.82, 2.24) is 0 Å². The predicted octanol–water partition coefficient (Wildman–Crippen LogP) is 0.117. The molecule has 6 heteroatoms. The molecular weight excluding hydrogens is 174 g/mol. The monoisotopic (exact) mass is 180 g/mol. The maximum atomic E-state index is 10.5. The molecule has 0 saturated carbocycles. The van der Waals surface area contributed by atoms with Crippen molar-refractivity contribution in [1.29, 1.82) is 0 Å². The molecule has 0 aliphatic carbocycles. The summed E-state index contributed by atoms with van der Waals surface area (Å²) in [6.07, 6.45) is 1.52. The van der Waals surface area contributed by atoms with Crippen LogP contribution in [0.2, 0.25) is 0 Å². The van der Waals surface area contributed by atoms with Gasteiger partial charge in [0, 0.05) is 0 Å². The summed E-state index contributed by atoms with van der Waals surface area (Å²) in [5.41, 5.74) is 0.535. The van der Waals surface area contributed by atoms with Gasteiger partial charge in [0.25, 0.3) is 0 Å². The molecule has 0 amide bonds. The Morgan fingerprint density at radius 2 is 2.30 bits per heavy atom. The Balaban J connectivity index is 3.32. The van der Waals surface area contributed by atoms with E-state index in [1.54, 1.807) is 6.92 Å². The molecule has 0 radical (unpaired) electrons. The van der Waals surface area contributed by atoms with Gasteiger partial charge in [-0.2, -0.15) is 12.8 Å². The van der Waals surface area contributed by atoms with E-state index in [2.05, 4.69) is 4.37 Å². The molecule has 10 heavy (non-hydrogen) atoms. The van der Waals surface area contributed by atoms with Crippen LogP contribution in [0.4, 0.5) is 0 Å². The number of rotatable bonds is 1. The number of aromatic amines is 1. The molecule has 0 spiro atoms. The van der Waals surface area contributed by atoms with Gasteiger partial charge in [0.1, 0.15) is 0 Å². The summed E-state index contributed by atoms with van der Waals surface area (Å²) in [6, 6.07) is 0. The Labute approximate surface area is 62.4 Å². The molecular formula is C4H6NO3S2+. The highest BCUT2D eigenvalue weighted by atomic mass is 32.3. The number of aromatic nitrogens is 1. The summed E-state index contributed by atoms with van der Waals surface area (Å²) >= 11 is 0.894. The lowest BCUT2D eigenvalue weighted by Crippen LogP contribution is -1.96. The number of hydrogen-bond donors (Lipinski definition) is 1. The molecule has 0 aromatic carbocycles. The number of aryl methyl sites for hydroxylation is 1. The van der Waals surface area contributed by atoms with Gasteiger partial charge in [-0.1, -0.05) is 0 Å². The quantitative estimate of drug-likeness (QED) is 0.624. The van der Waals surface area contributed by atoms with Gasteiger partial charge in [0.15, 0.2) is 17.7 Å². The molecule has 1 aromatic rings. The molecule has 1 aromatic heterocycles. The zero-order valence-electron chi connectivity index (χ0n) is 5.16. The van der Waals surface area contributed by atoms with Gasteiger partial charge in [0.05, 0.1) is 5.56 Å². The second-order valence-corrected chi connectivity index (χ2v) is 4.27. The minimum atomic E-state index is -4.00. The van der Waals surface area contributed by atoms with Gasteiger partial charge < -0.3 is 0 Å². The minimum Gasteiger partial charge on any atom is -0.281 e. The van der Waals surface area contributed by atoms with Crippen molar-refractivity contribution in [3.05, 3.63) is 11.8 Å². The predicted molar refractivity (Wildman–Crippen MR) is 35.4 cm³/mol. The Hall–Kier alpha value is -0.460. The van der Waals surface area contributed by atoms with E-state index in [0.29, 0.717) is 5.56 Å². The molecule has 0 aliphatic rings. The Kier molecular flexibility index (Phi) is 1.76. The minimum absolute atomic E-state index is 0.0208. The van der Waals surface area contributed by atoms with E-state index < -0.39 is 10.1 Å². The number of hydrogen-bond acceptors (Lipinski definition) is 3. The Morgan fingerprint density at radius 1 is 1.70 bits per heavy atom. The van der Waals surface area contributed by atoms with E-state index in [0.717, 1.165) is 11.5 Å². The molecule has 2 N–H and O–H groups in total. The fraction of sp³-hybridized carbons (Fsp3) is 0.250. The topological polar surface area (TPSA) is 68.5 Å². The molecule has 0 aliphatic heterocycles. The highest BCUT2D eigenvalue weighted by Crippen LogP contribution is 2.14. The second-order valence-electron chi connectivity index (χ2n) is 1.81. The number of H-pyrrole nitrogens is 1. The van der Waals surface area contributed by atoms with E-state index in [4.69, 9.17) is 4.55 Å². The molecule has 4 nitrogen and oxygen atoms in total. The average Bonchev–Trinajstić information content (AvgIpc) is 2.11. The third-order valence-corrected chi connectivity index (χ3v) is 3.40. The van der Waals surface area contributed by atoms with Crippen molar-refractivity contribution in [3.8, 4) is 0 Å². The summed E-state index contributed by atoms with van der Waals surface area (Å²) < 4.78 is 32.0. The fourth-order valence-corrected chi connectivity index (χ4v) is 2.16. The first kappa shape index (κ1) is 7.64. The highest BCUT2D eigenvalue weighted by Gasteiger charge is 2.19. The van der Waals surface area contributed by atoms with Crippen molar-refractivity contribution in [2.24, 2.45) is 0 Å². The summed E-state index contributed by atoms with van der Waals surface area (Å²) in [6.45, 7) is 1.61. The van der Waals surface area contributed by atoms with Crippen LogP contribution in [0.15, 0.2) is 10.4 Å².